The number of H-pyrrole nitrogens is 1. The van der Waals surface area contributed by atoms with E-state index in [-0.39, 0.29) is 0 Å². The van der Waals surface area contributed by atoms with Gasteiger partial charge in [-0.3, -0.25) is 0 Å². The van der Waals surface area contributed by atoms with Gasteiger partial charge in [0, 0.05) is 24.7 Å². The molecule has 0 atom stereocenters. The molecular weight excluding hydrogens is 258 g/mol. The predicted octanol–water partition coefficient (Wildman–Crippen LogP) is 1.89. The molecule has 0 spiro atoms. The summed E-state index contributed by atoms with van der Waals surface area (Å²) in [5.41, 5.74) is 1.54. The van der Waals surface area contributed by atoms with E-state index in [1.807, 2.05) is 0 Å². The summed E-state index contributed by atoms with van der Waals surface area (Å²) in [6, 6.07) is 0. The second-order valence-electron chi connectivity index (χ2n) is 4.47. The van der Waals surface area contributed by atoms with Gasteiger partial charge in [0.25, 0.3) is 0 Å². The Morgan fingerprint density at radius 1 is 1.32 bits per heavy atom. The number of nitrogens with one attached hydrogen (secondary N) is 1. The Morgan fingerprint density at radius 3 is 3.11 bits per heavy atom. The van der Waals surface area contributed by atoms with Crippen LogP contribution in [0, 0.1) is 11.2 Å². The van der Waals surface area contributed by atoms with Gasteiger partial charge in [-0.15, -0.1) is 0 Å². The number of imidazole rings is 1. The Bertz CT molecular complexity index is 606. The third kappa shape index (κ3) is 3.25. The Kier molecular flexibility index (Phi) is 3.96. The van der Waals surface area contributed by atoms with Crippen molar-refractivity contribution in [1.29, 1.82) is 0 Å². The first-order valence-corrected chi connectivity index (χ1v) is 7.27. The van der Waals surface area contributed by atoms with Crippen LogP contribution in [0.1, 0.15) is 19.3 Å². The van der Waals surface area contributed by atoms with E-state index in [1.165, 1.54) is 37.7 Å². The minimum Gasteiger partial charge on any atom is -0.342 e. The van der Waals surface area contributed by atoms with Crippen molar-refractivity contribution in [3.63, 3.8) is 0 Å². The SMILES string of the molecule is C(#CSc1ncc2[nH]cnc2n1)CCN1CCCC1. The minimum absolute atomic E-state index is 0.660. The highest BCUT2D eigenvalue weighted by molar-refractivity contribution is 8.03. The number of fused-ring (bicyclic) bond motifs is 1. The van der Waals surface area contributed by atoms with Crippen molar-refractivity contribution in [2.45, 2.75) is 24.4 Å². The number of nitrogens with zero attached hydrogens (tertiary/aromatic N) is 4. The van der Waals surface area contributed by atoms with Gasteiger partial charge in [0.2, 0.25) is 5.16 Å². The van der Waals surface area contributed by atoms with Gasteiger partial charge in [-0.1, -0.05) is 5.92 Å². The Hall–Kier alpha value is -1.58. The van der Waals surface area contributed by atoms with E-state index in [1.54, 1.807) is 12.5 Å². The van der Waals surface area contributed by atoms with Crippen LogP contribution in [-0.2, 0) is 0 Å². The van der Waals surface area contributed by atoms with E-state index in [4.69, 9.17) is 0 Å². The monoisotopic (exact) mass is 273 g/mol. The second-order valence-corrected chi connectivity index (χ2v) is 5.25. The fourth-order valence-electron chi connectivity index (χ4n) is 2.12. The molecule has 1 saturated heterocycles. The summed E-state index contributed by atoms with van der Waals surface area (Å²) in [5, 5.41) is 3.72. The molecule has 0 radical (unpaired) electrons. The maximum Gasteiger partial charge on any atom is 0.202 e. The molecule has 0 unspecified atom stereocenters. The standard InChI is InChI=1S/C13H15N5S/c1-2-6-18(5-1)7-3-4-8-19-13-14-9-11-12(17-13)16-10-15-11/h9-10H,1-3,5-7H2,(H,14,15,16,17). The molecule has 1 aliphatic rings. The second kappa shape index (κ2) is 6.04. The fourth-order valence-corrected chi connectivity index (χ4v) is 2.63. The lowest BCUT2D eigenvalue weighted by atomic mass is 10.4. The van der Waals surface area contributed by atoms with Crippen LogP contribution in [0.25, 0.3) is 11.2 Å². The first kappa shape index (κ1) is 12.5. The van der Waals surface area contributed by atoms with Crippen molar-refractivity contribution in [3.05, 3.63) is 12.5 Å². The van der Waals surface area contributed by atoms with E-state index in [9.17, 15) is 0 Å². The average Bonchev–Trinajstić information content (AvgIpc) is 3.08. The highest BCUT2D eigenvalue weighted by Gasteiger charge is 2.09. The molecular formula is C13H15N5S. The third-order valence-corrected chi connectivity index (χ3v) is 3.75. The summed E-state index contributed by atoms with van der Waals surface area (Å²) >= 11 is 1.37. The first-order valence-electron chi connectivity index (χ1n) is 6.45. The van der Waals surface area contributed by atoms with Gasteiger partial charge in [-0.2, -0.15) is 4.98 Å². The summed E-state index contributed by atoms with van der Waals surface area (Å²) in [4.78, 5) is 18.1. The van der Waals surface area contributed by atoms with Crippen molar-refractivity contribution in [2.75, 3.05) is 19.6 Å². The Morgan fingerprint density at radius 2 is 2.21 bits per heavy atom. The highest BCUT2D eigenvalue weighted by Crippen LogP contribution is 2.13. The average molecular weight is 273 g/mol. The van der Waals surface area contributed by atoms with E-state index in [0.29, 0.717) is 10.8 Å². The first-order chi connectivity index (χ1) is 9.42. The van der Waals surface area contributed by atoms with Crippen LogP contribution in [-0.4, -0.2) is 44.5 Å². The van der Waals surface area contributed by atoms with Gasteiger partial charge >= 0.3 is 0 Å². The van der Waals surface area contributed by atoms with E-state index in [0.717, 1.165) is 18.5 Å². The Labute approximate surface area is 116 Å². The van der Waals surface area contributed by atoms with Gasteiger partial charge in [0.15, 0.2) is 5.65 Å². The topological polar surface area (TPSA) is 57.7 Å². The summed E-state index contributed by atoms with van der Waals surface area (Å²) < 4.78 is 0. The molecule has 2 aromatic rings. The number of aromatic amines is 1. The van der Waals surface area contributed by atoms with Crippen molar-refractivity contribution >= 4 is 22.9 Å². The number of rotatable bonds is 3. The smallest absolute Gasteiger partial charge is 0.202 e. The molecule has 2 aromatic heterocycles. The van der Waals surface area contributed by atoms with E-state index in [2.05, 4.69) is 36.0 Å². The summed E-state index contributed by atoms with van der Waals surface area (Å²) in [7, 11) is 0. The predicted molar refractivity (Wildman–Crippen MR) is 75.6 cm³/mol. The maximum atomic E-state index is 4.31. The summed E-state index contributed by atoms with van der Waals surface area (Å²) in [6.07, 6.45) is 6.94. The molecule has 0 bridgehead atoms. The van der Waals surface area contributed by atoms with Crippen LogP contribution in [0.2, 0.25) is 0 Å². The van der Waals surface area contributed by atoms with E-state index >= 15 is 0 Å². The van der Waals surface area contributed by atoms with Gasteiger partial charge in [0.05, 0.1) is 12.5 Å². The molecule has 6 heteroatoms. The summed E-state index contributed by atoms with van der Waals surface area (Å²) in [6.45, 7) is 3.54. The zero-order valence-electron chi connectivity index (χ0n) is 10.6. The van der Waals surface area contributed by atoms with Crippen molar-refractivity contribution in [2.24, 2.45) is 0 Å². The van der Waals surface area contributed by atoms with Crippen LogP contribution in [0.4, 0.5) is 0 Å². The molecule has 0 amide bonds. The van der Waals surface area contributed by atoms with Crippen molar-refractivity contribution in [1.82, 2.24) is 24.8 Å². The van der Waals surface area contributed by atoms with Gasteiger partial charge < -0.3 is 9.88 Å². The lowest BCUT2D eigenvalue weighted by molar-refractivity contribution is 0.348. The summed E-state index contributed by atoms with van der Waals surface area (Å²) in [5.74, 6) is 3.17. The van der Waals surface area contributed by atoms with E-state index < -0.39 is 0 Å². The fraction of sp³-hybridized carbons (Fsp3) is 0.462. The lowest BCUT2D eigenvalue weighted by Gasteiger charge is -2.10. The molecule has 5 nitrogen and oxygen atoms in total. The molecule has 3 heterocycles. The number of hydrogen-bond donors (Lipinski definition) is 1. The number of thioether (sulfide) groups is 1. The molecule has 0 aliphatic carbocycles. The van der Waals surface area contributed by atoms with Gasteiger partial charge in [-0.05, 0) is 31.2 Å². The molecule has 19 heavy (non-hydrogen) atoms. The van der Waals surface area contributed by atoms with Crippen LogP contribution < -0.4 is 0 Å². The molecule has 0 saturated carbocycles. The maximum absolute atomic E-state index is 4.31. The minimum atomic E-state index is 0.660. The third-order valence-electron chi connectivity index (χ3n) is 3.12. The number of hydrogen-bond acceptors (Lipinski definition) is 5. The largest absolute Gasteiger partial charge is 0.342 e. The van der Waals surface area contributed by atoms with Crippen LogP contribution in [0.15, 0.2) is 17.7 Å². The molecule has 0 aromatic carbocycles. The number of likely N-dealkylation sites (tertiary alicyclic amines) is 1. The van der Waals surface area contributed by atoms with Crippen molar-refractivity contribution in [3.8, 4) is 11.2 Å². The quantitative estimate of drug-likeness (QED) is 0.526. The van der Waals surface area contributed by atoms with Crippen LogP contribution in [0.3, 0.4) is 0 Å². The Balaban J connectivity index is 1.51. The zero-order chi connectivity index (χ0) is 12.9. The molecule has 1 fully saturated rings. The lowest BCUT2D eigenvalue weighted by Crippen LogP contribution is -2.19. The molecule has 3 rings (SSSR count). The zero-order valence-corrected chi connectivity index (χ0v) is 11.4. The molecule has 1 aliphatic heterocycles. The van der Waals surface area contributed by atoms with Crippen LogP contribution in [0.5, 0.6) is 0 Å². The van der Waals surface area contributed by atoms with Gasteiger partial charge in [0.1, 0.15) is 5.52 Å². The van der Waals surface area contributed by atoms with Crippen molar-refractivity contribution < 1.29 is 0 Å². The molecule has 98 valence electrons. The van der Waals surface area contributed by atoms with Gasteiger partial charge in [-0.25, -0.2) is 9.97 Å². The number of aromatic nitrogens is 4. The highest BCUT2D eigenvalue weighted by atomic mass is 32.2. The van der Waals surface area contributed by atoms with Crippen LogP contribution >= 0.6 is 11.8 Å². The molecule has 1 N–H and O–H groups in total. The normalized spacial score (nSPS) is 15.6.